The molecular formula is C13H25NO. The third-order valence-corrected chi connectivity index (χ3v) is 3.75. The summed E-state index contributed by atoms with van der Waals surface area (Å²) in [5.41, 5.74) is -0.0684. The highest BCUT2D eigenvalue weighted by atomic mass is 16.1. The van der Waals surface area contributed by atoms with Crippen LogP contribution < -0.4 is 0 Å². The first-order valence-corrected chi connectivity index (χ1v) is 6.17. The zero-order valence-electron chi connectivity index (χ0n) is 10.8. The molecule has 88 valence electrons. The maximum absolute atomic E-state index is 12.1. The minimum absolute atomic E-state index is 0.0684. The van der Waals surface area contributed by atoms with Gasteiger partial charge in [-0.15, -0.1) is 0 Å². The third-order valence-electron chi connectivity index (χ3n) is 3.75. The summed E-state index contributed by atoms with van der Waals surface area (Å²) < 4.78 is 0. The molecule has 0 aliphatic heterocycles. The van der Waals surface area contributed by atoms with Crippen LogP contribution in [0.25, 0.3) is 0 Å². The molecule has 1 aliphatic carbocycles. The summed E-state index contributed by atoms with van der Waals surface area (Å²) >= 11 is 0. The maximum atomic E-state index is 12.1. The number of rotatable bonds is 4. The molecule has 15 heavy (non-hydrogen) atoms. The van der Waals surface area contributed by atoms with E-state index in [9.17, 15) is 4.79 Å². The monoisotopic (exact) mass is 211 g/mol. The van der Waals surface area contributed by atoms with Gasteiger partial charge >= 0.3 is 0 Å². The molecule has 1 aliphatic rings. The Balaban J connectivity index is 2.57. The van der Waals surface area contributed by atoms with Gasteiger partial charge in [-0.05, 0) is 33.2 Å². The minimum atomic E-state index is -0.0684. The molecule has 1 unspecified atom stereocenters. The number of carbonyl (C=O) groups excluding carboxylic acids is 1. The fourth-order valence-electron chi connectivity index (χ4n) is 2.50. The van der Waals surface area contributed by atoms with Gasteiger partial charge in [0.1, 0.15) is 5.78 Å². The van der Waals surface area contributed by atoms with Crippen molar-refractivity contribution in [1.29, 1.82) is 0 Å². The van der Waals surface area contributed by atoms with Crippen molar-refractivity contribution in [3.05, 3.63) is 0 Å². The molecule has 2 heteroatoms. The Kier molecular flexibility index (Phi) is 3.93. The van der Waals surface area contributed by atoms with Crippen LogP contribution in [0.5, 0.6) is 0 Å². The van der Waals surface area contributed by atoms with E-state index in [4.69, 9.17) is 0 Å². The first-order chi connectivity index (χ1) is 6.88. The van der Waals surface area contributed by atoms with Crippen LogP contribution in [0.2, 0.25) is 0 Å². The van der Waals surface area contributed by atoms with E-state index in [0.29, 0.717) is 11.8 Å². The molecule has 0 amide bonds. The zero-order valence-corrected chi connectivity index (χ0v) is 10.8. The Hall–Kier alpha value is -0.370. The normalized spacial score (nSPS) is 25.5. The van der Waals surface area contributed by atoms with Gasteiger partial charge in [0.25, 0.3) is 0 Å². The second-order valence-corrected chi connectivity index (χ2v) is 5.67. The van der Waals surface area contributed by atoms with Gasteiger partial charge in [-0.1, -0.05) is 20.8 Å². The molecule has 0 heterocycles. The number of Topliss-reactive ketones (excluding diaryl/α,β-unsaturated/α-hetero) is 1. The molecule has 1 rings (SSSR count). The number of nitrogens with zero attached hydrogens (tertiary/aromatic N) is 1. The lowest BCUT2D eigenvalue weighted by atomic mass is 9.89. The summed E-state index contributed by atoms with van der Waals surface area (Å²) in [5.74, 6) is 0.754. The molecule has 0 aromatic heterocycles. The van der Waals surface area contributed by atoms with Gasteiger partial charge in [0, 0.05) is 23.9 Å². The predicted octanol–water partition coefficient (Wildman–Crippen LogP) is 2.72. The molecule has 1 saturated carbocycles. The molecule has 0 aromatic rings. The highest BCUT2D eigenvalue weighted by Crippen LogP contribution is 2.37. The summed E-state index contributed by atoms with van der Waals surface area (Å²) in [7, 11) is 0. The van der Waals surface area contributed by atoms with E-state index in [-0.39, 0.29) is 11.3 Å². The fraction of sp³-hybridized carbons (Fsp3) is 0.923. The Bertz CT molecular complexity index is 233. The van der Waals surface area contributed by atoms with Crippen molar-refractivity contribution in [3.8, 4) is 0 Å². The van der Waals surface area contributed by atoms with Gasteiger partial charge in [0.2, 0.25) is 0 Å². The largest absolute Gasteiger partial charge is 0.300 e. The number of hydrogen-bond acceptors (Lipinski definition) is 2. The second kappa shape index (κ2) is 4.65. The van der Waals surface area contributed by atoms with Crippen molar-refractivity contribution in [2.24, 2.45) is 11.3 Å². The molecule has 1 fully saturated rings. The predicted molar refractivity (Wildman–Crippen MR) is 63.9 cm³/mol. The highest BCUT2D eigenvalue weighted by Gasteiger charge is 2.40. The van der Waals surface area contributed by atoms with Crippen molar-refractivity contribution < 1.29 is 4.79 Å². The van der Waals surface area contributed by atoms with E-state index in [0.717, 1.165) is 25.9 Å². The van der Waals surface area contributed by atoms with Gasteiger partial charge in [0.15, 0.2) is 0 Å². The summed E-state index contributed by atoms with van der Waals surface area (Å²) in [6, 6.07) is 0.548. The average Bonchev–Trinajstić information content (AvgIpc) is 2.39. The van der Waals surface area contributed by atoms with Crippen LogP contribution in [-0.2, 0) is 4.79 Å². The summed E-state index contributed by atoms with van der Waals surface area (Å²) in [4.78, 5) is 14.5. The van der Waals surface area contributed by atoms with Crippen molar-refractivity contribution in [1.82, 2.24) is 4.90 Å². The van der Waals surface area contributed by atoms with Crippen LogP contribution in [0.15, 0.2) is 0 Å². The standard InChI is InChI=1S/C13H25NO/c1-6-14(10(2)3)9-11-7-8-13(4,5)12(11)15/h10-11H,6-9H2,1-5H3. The molecule has 0 N–H and O–H groups in total. The van der Waals surface area contributed by atoms with Crippen LogP contribution >= 0.6 is 0 Å². The fourth-order valence-corrected chi connectivity index (χ4v) is 2.50. The van der Waals surface area contributed by atoms with E-state index in [1.807, 2.05) is 0 Å². The van der Waals surface area contributed by atoms with Crippen molar-refractivity contribution in [3.63, 3.8) is 0 Å². The van der Waals surface area contributed by atoms with E-state index in [2.05, 4.69) is 39.5 Å². The van der Waals surface area contributed by atoms with Crippen molar-refractivity contribution >= 4 is 5.78 Å². The molecule has 0 radical (unpaired) electrons. The topological polar surface area (TPSA) is 20.3 Å². The van der Waals surface area contributed by atoms with Crippen LogP contribution in [0.4, 0.5) is 0 Å². The summed E-state index contributed by atoms with van der Waals surface area (Å²) in [5, 5.41) is 0. The lowest BCUT2D eigenvalue weighted by Gasteiger charge is -2.27. The van der Waals surface area contributed by atoms with Crippen LogP contribution in [0, 0.1) is 11.3 Å². The van der Waals surface area contributed by atoms with Gasteiger partial charge in [-0.3, -0.25) is 4.79 Å². The smallest absolute Gasteiger partial charge is 0.142 e. The van der Waals surface area contributed by atoms with Crippen LogP contribution in [-0.4, -0.2) is 29.8 Å². The van der Waals surface area contributed by atoms with Gasteiger partial charge in [-0.2, -0.15) is 0 Å². The average molecular weight is 211 g/mol. The lowest BCUT2D eigenvalue weighted by Crippen LogP contribution is -2.37. The maximum Gasteiger partial charge on any atom is 0.142 e. The molecular weight excluding hydrogens is 186 g/mol. The molecule has 2 nitrogen and oxygen atoms in total. The van der Waals surface area contributed by atoms with E-state index >= 15 is 0 Å². The summed E-state index contributed by atoms with van der Waals surface area (Å²) in [6.45, 7) is 12.7. The first kappa shape index (κ1) is 12.7. The Morgan fingerprint density at radius 3 is 2.40 bits per heavy atom. The molecule has 1 atom stereocenters. The van der Waals surface area contributed by atoms with Crippen LogP contribution in [0.3, 0.4) is 0 Å². The summed E-state index contributed by atoms with van der Waals surface area (Å²) in [6.07, 6.45) is 2.14. The third kappa shape index (κ3) is 2.81. The van der Waals surface area contributed by atoms with E-state index < -0.39 is 0 Å². The first-order valence-electron chi connectivity index (χ1n) is 6.17. The van der Waals surface area contributed by atoms with E-state index in [1.165, 1.54) is 0 Å². The Morgan fingerprint density at radius 2 is 2.07 bits per heavy atom. The molecule has 0 aromatic carbocycles. The number of hydrogen-bond donors (Lipinski definition) is 0. The van der Waals surface area contributed by atoms with E-state index in [1.54, 1.807) is 0 Å². The molecule has 0 spiro atoms. The second-order valence-electron chi connectivity index (χ2n) is 5.67. The number of carbonyl (C=O) groups is 1. The van der Waals surface area contributed by atoms with Gasteiger partial charge in [0.05, 0.1) is 0 Å². The SMILES string of the molecule is CCN(CC1CCC(C)(C)C1=O)C(C)C. The van der Waals surface area contributed by atoms with Gasteiger partial charge < -0.3 is 4.90 Å². The Morgan fingerprint density at radius 1 is 1.47 bits per heavy atom. The van der Waals surface area contributed by atoms with Gasteiger partial charge in [-0.25, -0.2) is 0 Å². The Labute approximate surface area is 94.0 Å². The zero-order chi connectivity index (χ0) is 11.6. The lowest BCUT2D eigenvalue weighted by molar-refractivity contribution is -0.128. The van der Waals surface area contributed by atoms with Crippen molar-refractivity contribution in [2.75, 3.05) is 13.1 Å². The van der Waals surface area contributed by atoms with Crippen LogP contribution in [0.1, 0.15) is 47.5 Å². The number of ketones is 1. The highest BCUT2D eigenvalue weighted by molar-refractivity contribution is 5.88. The molecule has 0 bridgehead atoms. The minimum Gasteiger partial charge on any atom is -0.300 e. The quantitative estimate of drug-likeness (QED) is 0.712. The molecule has 0 saturated heterocycles. The van der Waals surface area contributed by atoms with Crippen molar-refractivity contribution in [2.45, 2.75) is 53.5 Å².